The van der Waals surface area contributed by atoms with E-state index in [1.807, 2.05) is 0 Å². The molecule has 0 spiro atoms. The molecule has 1 aromatic heterocycles. The smallest absolute Gasteiger partial charge is 0.0918 e. The number of aromatic nitrogens is 2. The molecule has 0 saturated heterocycles. The summed E-state index contributed by atoms with van der Waals surface area (Å²) >= 11 is 0. The Morgan fingerprint density at radius 2 is 1.88 bits per heavy atom. The molecular weight excluding hydrogens is 306 g/mol. The number of hydrogen-bond donors (Lipinski definition) is 1. The molecule has 1 atom stereocenters. The second-order valence-electron chi connectivity index (χ2n) is 6.77. The van der Waals surface area contributed by atoms with E-state index in [4.69, 9.17) is 0 Å². The van der Waals surface area contributed by atoms with Crippen molar-refractivity contribution < 1.29 is 1.43 Å². The molecule has 1 aromatic carbocycles. The lowest BCUT2D eigenvalue weighted by Crippen LogP contribution is -2.16. The molecule has 0 aliphatic heterocycles. The van der Waals surface area contributed by atoms with E-state index in [0.29, 0.717) is 5.92 Å². The van der Waals surface area contributed by atoms with Crippen LogP contribution in [0.4, 0.5) is 0 Å². The molecule has 0 amide bonds. The van der Waals surface area contributed by atoms with Gasteiger partial charge < -0.3 is 5.32 Å². The van der Waals surface area contributed by atoms with Gasteiger partial charge in [-0.15, -0.1) is 0 Å². The summed E-state index contributed by atoms with van der Waals surface area (Å²) in [7, 11) is 0. The van der Waals surface area contributed by atoms with Crippen molar-refractivity contribution in [3.05, 3.63) is 59.1 Å². The van der Waals surface area contributed by atoms with Crippen LogP contribution in [-0.4, -0.2) is 9.97 Å². The van der Waals surface area contributed by atoms with Crippen LogP contribution < -0.4 is 5.32 Å². The topological polar surface area (TPSA) is 37.8 Å². The van der Waals surface area contributed by atoms with Gasteiger partial charge in [-0.05, 0) is 48.4 Å². The highest BCUT2D eigenvalue weighted by Crippen LogP contribution is 2.22. The van der Waals surface area contributed by atoms with Gasteiger partial charge in [-0.25, -0.2) is 0 Å². The van der Waals surface area contributed by atoms with E-state index in [-0.39, 0.29) is 1.43 Å². The minimum absolute atomic E-state index is 0. The Balaban J connectivity index is 0.000000791. The lowest BCUT2D eigenvalue weighted by atomic mass is 9.96. The predicted molar refractivity (Wildman–Crippen MR) is 109 cm³/mol. The van der Waals surface area contributed by atoms with E-state index >= 15 is 0 Å². The number of rotatable bonds is 4. The molecule has 136 valence electrons. The lowest BCUT2D eigenvalue weighted by Gasteiger charge is -2.19. The largest absolute Gasteiger partial charge is 0.381 e. The van der Waals surface area contributed by atoms with Crippen molar-refractivity contribution in [2.75, 3.05) is 0 Å². The van der Waals surface area contributed by atoms with Crippen LogP contribution in [0, 0.1) is 5.92 Å². The van der Waals surface area contributed by atoms with E-state index in [1.165, 1.54) is 28.8 Å². The zero-order chi connectivity index (χ0) is 18.2. The maximum Gasteiger partial charge on any atom is 0.0918 e. The Morgan fingerprint density at radius 1 is 1.16 bits per heavy atom. The van der Waals surface area contributed by atoms with E-state index in [2.05, 4.69) is 74.2 Å². The Morgan fingerprint density at radius 3 is 2.56 bits per heavy atom. The fourth-order valence-electron chi connectivity index (χ4n) is 3.04. The van der Waals surface area contributed by atoms with Crippen LogP contribution >= 0.6 is 0 Å². The summed E-state index contributed by atoms with van der Waals surface area (Å²) in [5, 5.41) is 3.57. The first-order chi connectivity index (χ1) is 12.1. The van der Waals surface area contributed by atoms with Crippen molar-refractivity contribution in [1.82, 2.24) is 15.3 Å². The second-order valence-corrected chi connectivity index (χ2v) is 6.77. The van der Waals surface area contributed by atoms with Crippen molar-refractivity contribution >= 4 is 11.0 Å². The fraction of sp³-hybridized carbons (Fsp3) is 0.455. The number of hydrogen-bond acceptors (Lipinski definition) is 3. The van der Waals surface area contributed by atoms with Crippen LogP contribution in [0.3, 0.4) is 0 Å². The zero-order valence-corrected chi connectivity index (χ0v) is 16.3. The monoisotopic (exact) mass is 339 g/mol. The van der Waals surface area contributed by atoms with Gasteiger partial charge in [0.15, 0.2) is 0 Å². The maximum absolute atomic E-state index is 4.46. The molecule has 2 aromatic rings. The highest BCUT2D eigenvalue weighted by molar-refractivity contribution is 5.78. The van der Waals surface area contributed by atoms with Crippen molar-refractivity contribution in [3.8, 4) is 0 Å². The van der Waals surface area contributed by atoms with Gasteiger partial charge in [0.25, 0.3) is 0 Å². The van der Waals surface area contributed by atoms with E-state index in [0.717, 1.165) is 30.4 Å². The Bertz CT molecular complexity index is 765. The number of nitrogens with zero attached hydrogens (tertiary/aromatic N) is 2. The number of allylic oxidation sites excluding steroid dienone is 3. The maximum atomic E-state index is 4.46. The molecule has 3 heteroatoms. The third-order valence-corrected chi connectivity index (χ3v) is 4.23. The van der Waals surface area contributed by atoms with E-state index in [1.54, 1.807) is 12.4 Å². The Labute approximate surface area is 153 Å². The summed E-state index contributed by atoms with van der Waals surface area (Å²) in [4.78, 5) is 8.91. The first-order valence-electron chi connectivity index (χ1n) is 9.44. The number of fused-ring (bicyclic) bond motifs is 1. The molecule has 1 heterocycles. The number of aryl methyl sites for hydroxylation is 1. The highest BCUT2D eigenvalue weighted by atomic mass is 14.9. The van der Waals surface area contributed by atoms with Crippen molar-refractivity contribution in [1.29, 1.82) is 0 Å². The molecule has 1 aliphatic rings. The average molecular weight is 340 g/mol. The summed E-state index contributed by atoms with van der Waals surface area (Å²) in [5.74, 6) is 0.646. The van der Waals surface area contributed by atoms with Gasteiger partial charge in [0.1, 0.15) is 0 Å². The fourth-order valence-corrected chi connectivity index (χ4v) is 3.04. The quantitative estimate of drug-likeness (QED) is 0.763. The molecular formula is C22H33N3. The van der Waals surface area contributed by atoms with E-state index in [9.17, 15) is 0 Å². The third kappa shape index (κ3) is 5.15. The van der Waals surface area contributed by atoms with Gasteiger partial charge in [0.2, 0.25) is 0 Å². The average Bonchev–Trinajstić information content (AvgIpc) is 2.61. The predicted octanol–water partition coefficient (Wildman–Crippen LogP) is 5.81. The van der Waals surface area contributed by atoms with Gasteiger partial charge in [-0.3, -0.25) is 9.97 Å². The minimum atomic E-state index is 0. The normalized spacial score (nSPS) is 16.6. The van der Waals surface area contributed by atoms with Gasteiger partial charge >= 0.3 is 0 Å². The molecule has 1 unspecified atom stereocenters. The summed E-state index contributed by atoms with van der Waals surface area (Å²) in [6, 6.07) is 4.38. The Kier molecular flexibility index (Phi) is 7.17. The summed E-state index contributed by atoms with van der Waals surface area (Å²) in [6.45, 7) is 11.7. The van der Waals surface area contributed by atoms with Crippen molar-refractivity contribution in [2.45, 2.75) is 60.4 Å². The summed E-state index contributed by atoms with van der Waals surface area (Å²) in [6.07, 6.45) is 11.5. The minimum Gasteiger partial charge on any atom is -0.381 e. The van der Waals surface area contributed by atoms with Gasteiger partial charge in [0.05, 0.1) is 11.0 Å². The number of benzene rings is 1. The molecule has 1 aliphatic carbocycles. The van der Waals surface area contributed by atoms with Crippen molar-refractivity contribution in [2.24, 2.45) is 5.92 Å². The van der Waals surface area contributed by atoms with Gasteiger partial charge in [-0.1, -0.05) is 52.3 Å². The SMILES string of the molecule is CCC.CCc1cc(CNC2=CCC(C)C=C2C)cc2nccnc12.[HH]. The standard InChI is InChI=1S/C19H23N3.C3H8.H2/c1-4-16-10-15(11-18-19(16)21-8-7-20-18)12-22-17-6-5-13(2)9-14(17)3;1-3-2;/h6-11,13,22H,4-5,12H2,1-3H3;3H2,1-2H3;1H. The Hall–Kier alpha value is -2.16. The van der Waals surface area contributed by atoms with Crippen LogP contribution in [0.2, 0.25) is 0 Å². The zero-order valence-electron chi connectivity index (χ0n) is 16.3. The molecule has 25 heavy (non-hydrogen) atoms. The van der Waals surface area contributed by atoms with Gasteiger partial charge in [-0.2, -0.15) is 0 Å². The van der Waals surface area contributed by atoms with Crippen LogP contribution in [0.25, 0.3) is 11.0 Å². The van der Waals surface area contributed by atoms with Crippen LogP contribution in [0.5, 0.6) is 0 Å². The second kappa shape index (κ2) is 9.36. The van der Waals surface area contributed by atoms with Gasteiger partial charge in [0, 0.05) is 26.1 Å². The molecule has 0 fully saturated rings. The highest BCUT2D eigenvalue weighted by Gasteiger charge is 2.10. The van der Waals surface area contributed by atoms with Crippen molar-refractivity contribution in [3.63, 3.8) is 0 Å². The summed E-state index contributed by atoms with van der Waals surface area (Å²) in [5.41, 5.74) is 7.14. The molecule has 3 rings (SSSR count). The third-order valence-electron chi connectivity index (χ3n) is 4.23. The van der Waals surface area contributed by atoms with Crippen LogP contribution in [0.1, 0.15) is 60.0 Å². The molecule has 3 nitrogen and oxygen atoms in total. The van der Waals surface area contributed by atoms with Crippen LogP contribution in [0.15, 0.2) is 47.9 Å². The molecule has 0 saturated carbocycles. The van der Waals surface area contributed by atoms with Crippen LogP contribution in [-0.2, 0) is 13.0 Å². The first-order valence-corrected chi connectivity index (χ1v) is 9.44. The lowest BCUT2D eigenvalue weighted by molar-refractivity contribution is 0.696. The first kappa shape index (κ1) is 19.2. The summed E-state index contributed by atoms with van der Waals surface area (Å²) < 4.78 is 0. The van der Waals surface area contributed by atoms with E-state index < -0.39 is 0 Å². The molecule has 0 radical (unpaired) electrons. The number of nitrogens with one attached hydrogen (secondary N) is 1. The molecule has 1 N–H and O–H groups in total. The molecule has 0 bridgehead atoms.